The van der Waals surface area contributed by atoms with Gasteiger partial charge in [0.15, 0.2) is 0 Å². The second-order valence-corrected chi connectivity index (χ2v) is 4.83. The van der Waals surface area contributed by atoms with Crippen LogP contribution in [-0.4, -0.2) is 25.7 Å². The fourth-order valence-electron chi connectivity index (χ4n) is 2.64. The number of aryl methyl sites for hydroxylation is 1. The summed E-state index contributed by atoms with van der Waals surface area (Å²) in [6.07, 6.45) is 4.54. The van der Waals surface area contributed by atoms with E-state index in [1.807, 2.05) is 12.1 Å². The topological polar surface area (TPSA) is 47.3 Å². The molecule has 1 aromatic rings. The molecule has 0 spiro atoms. The molecule has 1 aliphatic heterocycles. The van der Waals surface area contributed by atoms with Gasteiger partial charge >= 0.3 is 0 Å². The van der Waals surface area contributed by atoms with Gasteiger partial charge in [-0.15, -0.1) is 0 Å². The minimum atomic E-state index is 0.154. The smallest absolute Gasteiger partial charge is 0.122 e. The van der Waals surface area contributed by atoms with Gasteiger partial charge < -0.3 is 15.8 Å². The first-order valence-corrected chi connectivity index (χ1v) is 6.37. The molecule has 94 valence electrons. The van der Waals surface area contributed by atoms with E-state index in [0.29, 0.717) is 0 Å². The Morgan fingerprint density at radius 1 is 1.41 bits per heavy atom. The number of ether oxygens (including phenoxy) is 1. The van der Waals surface area contributed by atoms with Gasteiger partial charge in [0.05, 0.1) is 7.11 Å². The Bertz CT molecular complexity index is 359. The standard InChI is InChI=1S/C14H22N2O/c1-17-13-6-3-2-5-12(13)7-9-14(11-15)8-4-10-16-14/h2-3,5-6,16H,4,7-11,15H2,1H3. The first-order chi connectivity index (χ1) is 8.29. The first-order valence-electron chi connectivity index (χ1n) is 6.37. The monoisotopic (exact) mass is 234 g/mol. The number of rotatable bonds is 5. The number of benzene rings is 1. The van der Waals surface area contributed by atoms with E-state index in [2.05, 4.69) is 17.4 Å². The summed E-state index contributed by atoms with van der Waals surface area (Å²) in [6.45, 7) is 1.82. The highest BCUT2D eigenvalue weighted by Crippen LogP contribution is 2.26. The fraction of sp³-hybridized carbons (Fsp3) is 0.571. The molecule has 3 nitrogen and oxygen atoms in total. The summed E-state index contributed by atoms with van der Waals surface area (Å²) in [5.74, 6) is 0.984. The Hall–Kier alpha value is -1.06. The van der Waals surface area contributed by atoms with Crippen molar-refractivity contribution in [2.24, 2.45) is 5.73 Å². The lowest BCUT2D eigenvalue weighted by Crippen LogP contribution is -2.46. The quantitative estimate of drug-likeness (QED) is 0.815. The molecule has 0 amide bonds. The van der Waals surface area contributed by atoms with Crippen molar-refractivity contribution in [3.05, 3.63) is 29.8 Å². The van der Waals surface area contributed by atoms with Crippen LogP contribution in [0.2, 0.25) is 0 Å². The van der Waals surface area contributed by atoms with Gasteiger partial charge in [-0.05, 0) is 43.9 Å². The molecule has 1 heterocycles. The van der Waals surface area contributed by atoms with E-state index in [0.717, 1.165) is 31.7 Å². The number of nitrogens with one attached hydrogen (secondary N) is 1. The van der Waals surface area contributed by atoms with E-state index in [4.69, 9.17) is 10.5 Å². The van der Waals surface area contributed by atoms with Crippen LogP contribution in [-0.2, 0) is 6.42 Å². The number of para-hydroxylation sites is 1. The molecule has 1 fully saturated rings. The molecule has 0 aromatic heterocycles. The van der Waals surface area contributed by atoms with Crippen LogP contribution in [0.25, 0.3) is 0 Å². The average Bonchev–Trinajstić information content (AvgIpc) is 2.86. The van der Waals surface area contributed by atoms with Crippen molar-refractivity contribution in [3.63, 3.8) is 0 Å². The van der Waals surface area contributed by atoms with Gasteiger partial charge in [0.1, 0.15) is 5.75 Å². The molecule has 0 radical (unpaired) electrons. The van der Waals surface area contributed by atoms with E-state index in [1.165, 1.54) is 18.4 Å². The van der Waals surface area contributed by atoms with Crippen LogP contribution in [0.3, 0.4) is 0 Å². The molecule has 1 aliphatic rings. The Balaban J connectivity index is 2.01. The van der Waals surface area contributed by atoms with Crippen LogP contribution < -0.4 is 15.8 Å². The Kier molecular flexibility index (Phi) is 4.02. The van der Waals surface area contributed by atoms with Crippen molar-refractivity contribution in [2.45, 2.75) is 31.2 Å². The second-order valence-electron chi connectivity index (χ2n) is 4.83. The van der Waals surface area contributed by atoms with Crippen LogP contribution >= 0.6 is 0 Å². The van der Waals surface area contributed by atoms with E-state index in [9.17, 15) is 0 Å². The lowest BCUT2D eigenvalue weighted by Gasteiger charge is -2.28. The van der Waals surface area contributed by atoms with Gasteiger partial charge in [-0.1, -0.05) is 18.2 Å². The van der Waals surface area contributed by atoms with Crippen molar-refractivity contribution >= 4 is 0 Å². The van der Waals surface area contributed by atoms with E-state index < -0.39 is 0 Å². The highest BCUT2D eigenvalue weighted by atomic mass is 16.5. The molecule has 3 heteroatoms. The third-order valence-electron chi connectivity index (χ3n) is 3.79. The van der Waals surface area contributed by atoms with Crippen molar-refractivity contribution in [1.82, 2.24) is 5.32 Å². The third-order valence-corrected chi connectivity index (χ3v) is 3.79. The van der Waals surface area contributed by atoms with Crippen LogP contribution in [0.15, 0.2) is 24.3 Å². The summed E-state index contributed by atoms with van der Waals surface area (Å²) >= 11 is 0. The maximum absolute atomic E-state index is 5.91. The summed E-state index contributed by atoms with van der Waals surface area (Å²) in [7, 11) is 1.73. The largest absolute Gasteiger partial charge is 0.496 e. The van der Waals surface area contributed by atoms with Crippen molar-refractivity contribution in [1.29, 1.82) is 0 Å². The number of hydrogen-bond donors (Lipinski definition) is 2. The molecule has 0 bridgehead atoms. The number of methoxy groups -OCH3 is 1. The lowest BCUT2D eigenvalue weighted by molar-refractivity contribution is 0.353. The minimum Gasteiger partial charge on any atom is -0.496 e. The maximum Gasteiger partial charge on any atom is 0.122 e. The van der Waals surface area contributed by atoms with Crippen molar-refractivity contribution in [2.75, 3.05) is 20.2 Å². The van der Waals surface area contributed by atoms with Gasteiger partial charge in [0, 0.05) is 12.1 Å². The molecular formula is C14H22N2O. The summed E-state index contributed by atoms with van der Waals surface area (Å²) < 4.78 is 5.38. The number of nitrogens with two attached hydrogens (primary N) is 1. The zero-order valence-corrected chi connectivity index (χ0v) is 10.5. The minimum absolute atomic E-state index is 0.154. The summed E-state index contributed by atoms with van der Waals surface area (Å²) in [4.78, 5) is 0. The predicted octanol–water partition coefficient (Wildman–Crippen LogP) is 1.71. The van der Waals surface area contributed by atoms with Gasteiger partial charge in [-0.2, -0.15) is 0 Å². The highest BCUT2D eigenvalue weighted by Gasteiger charge is 2.31. The van der Waals surface area contributed by atoms with E-state index in [-0.39, 0.29) is 5.54 Å². The summed E-state index contributed by atoms with van der Waals surface area (Å²) in [5, 5.41) is 3.56. The van der Waals surface area contributed by atoms with E-state index in [1.54, 1.807) is 7.11 Å². The first kappa shape index (κ1) is 12.4. The molecule has 1 atom stereocenters. The Morgan fingerprint density at radius 3 is 2.88 bits per heavy atom. The van der Waals surface area contributed by atoms with Crippen LogP contribution in [0.4, 0.5) is 0 Å². The molecule has 1 aromatic carbocycles. The molecule has 3 N–H and O–H groups in total. The van der Waals surface area contributed by atoms with Crippen LogP contribution in [0.1, 0.15) is 24.8 Å². The van der Waals surface area contributed by atoms with Crippen molar-refractivity contribution in [3.8, 4) is 5.75 Å². The second kappa shape index (κ2) is 5.52. The molecule has 17 heavy (non-hydrogen) atoms. The normalized spacial score (nSPS) is 23.9. The fourth-order valence-corrected chi connectivity index (χ4v) is 2.64. The molecule has 0 aliphatic carbocycles. The van der Waals surface area contributed by atoms with Gasteiger partial charge in [-0.3, -0.25) is 0 Å². The average molecular weight is 234 g/mol. The third kappa shape index (κ3) is 2.79. The Morgan fingerprint density at radius 2 is 2.24 bits per heavy atom. The summed E-state index contributed by atoms with van der Waals surface area (Å²) in [5.41, 5.74) is 7.34. The predicted molar refractivity (Wildman–Crippen MR) is 70.3 cm³/mol. The maximum atomic E-state index is 5.91. The summed E-state index contributed by atoms with van der Waals surface area (Å²) in [6, 6.07) is 8.23. The molecule has 2 rings (SSSR count). The number of hydrogen-bond acceptors (Lipinski definition) is 3. The molecule has 1 unspecified atom stereocenters. The van der Waals surface area contributed by atoms with Crippen LogP contribution in [0.5, 0.6) is 5.75 Å². The molecule has 1 saturated heterocycles. The lowest BCUT2D eigenvalue weighted by atomic mass is 9.89. The molecule has 0 saturated carbocycles. The van der Waals surface area contributed by atoms with Crippen LogP contribution in [0, 0.1) is 0 Å². The van der Waals surface area contributed by atoms with Gasteiger partial charge in [-0.25, -0.2) is 0 Å². The SMILES string of the molecule is COc1ccccc1CCC1(CN)CCCN1. The van der Waals surface area contributed by atoms with Gasteiger partial charge in [0.25, 0.3) is 0 Å². The zero-order chi connectivity index (χ0) is 12.1. The van der Waals surface area contributed by atoms with Crippen molar-refractivity contribution < 1.29 is 4.74 Å². The molecular weight excluding hydrogens is 212 g/mol. The zero-order valence-electron chi connectivity index (χ0n) is 10.5. The highest BCUT2D eigenvalue weighted by molar-refractivity contribution is 5.33. The van der Waals surface area contributed by atoms with E-state index >= 15 is 0 Å². The Labute approximate surface area is 103 Å². The van der Waals surface area contributed by atoms with Gasteiger partial charge in [0.2, 0.25) is 0 Å².